The predicted molar refractivity (Wildman–Crippen MR) is 68.8 cm³/mol. The van der Waals surface area contributed by atoms with Crippen LogP contribution < -0.4 is 5.26 Å². The second-order valence-corrected chi connectivity index (χ2v) is 6.82. The molecule has 4 atom stereocenters. The average Bonchev–Trinajstić information content (AvgIpc) is 2.51. The minimum absolute atomic E-state index is 0.295. The first kappa shape index (κ1) is 18.8. The number of carbonyl (C=O) groups is 1. The Bertz CT molecular complexity index is 422. The summed E-state index contributed by atoms with van der Waals surface area (Å²) in [5.41, 5.74) is 0. The molecular weight excluding hydrogens is 344 g/mol. The van der Waals surface area contributed by atoms with E-state index in [1.165, 1.54) is 0 Å². The number of halogens is 4. The van der Waals surface area contributed by atoms with Crippen molar-refractivity contribution in [1.82, 2.24) is 0 Å². The summed E-state index contributed by atoms with van der Waals surface area (Å²) >= 11 is -1.05. The Hall–Kier alpha value is -0.580. The second-order valence-electron chi connectivity index (χ2n) is 5.96. The topological polar surface area (TPSA) is 67.8 Å². The third kappa shape index (κ3) is 4.28. The fourth-order valence-corrected chi connectivity index (χ4v) is 3.75. The SMILES string of the molecule is O=C(OC1CCC2CCCCC2C1)C(F)(SOO[O-])C(F)(F)F. The molecule has 0 aliphatic heterocycles. The first-order valence-corrected chi connectivity index (χ1v) is 8.13. The highest BCUT2D eigenvalue weighted by molar-refractivity contribution is 7.96. The maximum atomic E-state index is 14.0. The molecule has 0 aromatic heterocycles. The zero-order valence-electron chi connectivity index (χ0n) is 12.1. The zero-order chi connectivity index (χ0) is 17.1. The van der Waals surface area contributed by atoms with Crippen LogP contribution in [0, 0.1) is 11.8 Å². The summed E-state index contributed by atoms with van der Waals surface area (Å²) in [4.78, 5) is 11.7. The van der Waals surface area contributed by atoms with Gasteiger partial charge in [-0.15, -0.1) is 0 Å². The number of carbonyl (C=O) groups excluding carboxylic acids is 1. The van der Waals surface area contributed by atoms with Crippen molar-refractivity contribution in [3.63, 3.8) is 0 Å². The third-order valence-electron chi connectivity index (χ3n) is 4.57. The van der Waals surface area contributed by atoms with Crippen molar-refractivity contribution in [2.75, 3.05) is 0 Å². The zero-order valence-corrected chi connectivity index (χ0v) is 13.0. The van der Waals surface area contributed by atoms with Crippen LogP contribution >= 0.6 is 12.0 Å². The third-order valence-corrected chi connectivity index (χ3v) is 5.32. The van der Waals surface area contributed by atoms with Gasteiger partial charge in [0, 0.05) is 0 Å². The van der Waals surface area contributed by atoms with E-state index >= 15 is 0 Å². The largest absolute Gasteiger partial charge is 0.691 e. The number of alkyl halides is 4. The van der Waals surface area contributed by atoms with Crippen molar-refractivity contribution in [2.24, 2.45) is 11.8 Å². The Morgan fingerprint density at radius 2 is 1.70 bits per heavy atom. The maximum absolute atomic E-state index is 14.0. The van der Waals surface area contributed by atoms with Gasteiger partial charge < -0.3 is 9.99 Å². The van der Waals surface area contributed by atoms with Crippen molar-refractivity contribution in [1.29, 1.82) is 0 Å². The van der Waals surface area contributed by atoms with Crippen molar-refractivity contribution < 1.29 is 41.7 Å². The van der Waals surface area contributed by atoms with E-state index in [1.54, 1.807) is 0 Å². The van der Waals surface area contributed by atoms with Crippen LogP contribution in [0.25, 0.3) is 0 Å². The lowest BCUT2D eigenvalue weighted by Gasteiger charge is -2.39. The van der Waals surface area contributed by atoms with Crippen LogP contribution in [0.4, 0.5) is 17.6 Å². The fourth-order valence-electron chi connectivity index (χ4n) is 3.42. The number of hydrogen-bond donors (Lipinski definition) is 0. The molecule has 2 saturated carbocycles. The second kappa shape index (κ2) is 7.54. The molecule has 0 aromatic carbocycles. The minimum Gasteiger partial charge on any atom is -0.691 e. The summed E-state index contributed by atoms with van der Waals surface area (Å²) in [5.74, 6) is -1.32. The molecule has 0 radical (unpaired) electrons. The Labute approximate surface area is 134 Å². The number of hydrogen-bond acceptors (Lipinski definition) is 6. The molecule has 0 saturated heterocycles. The molecule has 2 rings (SSSR count). The van der Waals surface area contributed by atoms with Gasteiger partial charge in [0.15, 0.2) is 0 Å². The maximum Gasteiger partial charge on any atom is 0.446 e. The Morgan fingerprint density at radius 1 is 1.04 bits per heavy atom. The molecule has 2 aliphatic carbocycles. The summed E-state index contributed by atoms with van der Waals surface area (Å²) in [6, 6.07) is 0. The van der Waals surface area contributed by atoms with Crippen LogP contribution in [0.2, 0.25) is 0 Å². The molecule has 0 heterocycles. The smallest absolute Gasteiger partial charge is 0.446 e. The monoisotopic (exact) mass is 361 g/mol. The summed E-state index contributed by atoms with van der Waals surface area (Å²) in [6.07, 6.45) is -0.563. The number of ether oxygens (including phenoxy) is 1. The van der Waals surface area contributed by atoms with E-state index in [0.29, 0.717) is 24.7 Å². The van der Waals surface area contributed by atoms with E-state index in [9.17, 15) is 27.6 Å². The van der Waals surface area contributed by atoms with E-state index in [4.69, 9.17) is 4.74 Å². The van der Waals surface area contributed by atoms with Gasteiger partial charge in [-0.05, 0) is 31.1 Å². The molecule has 2 fully saturated rings. The van der Waals surface area contributed by atoms with Gasteiger partial charge >= 0.3 is 17.1 Å². The molecule has 10 heteroatoms. The Balaban J connectivity index is 1.98. The van der Waals surface area contributed by atoms with Gasteiger partial charge in [0.05, 0.1) is 12.0 Å². The summed E-state index contributed by atoms with van der Waals surface area (Å²) in [5, 5.41) is 7.85. The van der Waals surface area contributed by atoms with E-state index < -0.39 is 35.3 Å². The van der Waals surface area contributed by atoms with Gasteiger partial charge in [-0.25, -0.2) is 9.18 Å². The molecular formula is C13H17F4O5S-. The molecule has 4 unspecified atom stereocenters. The van der Waals surface area contributed by atoms with Gasteiger partial charge in [-0.2, -0.15) is 17.5 Å². The Morgan fingerprint density at radius 3 is 2.30 bits per heavy atom. The molecule has 2 aliphatic rings. The highest BCUT2D eigenvalue weighted by Gasteiger charge is 2.66. The lowest BCUT2D eigenvalue weighted by atomic mass is 9.70. The van der Waals surface area contributed by atoms with Crippen molar-refractivity contribution in [3.05, 3.63) is 0 Å². The summed E-state index contributed by atoms with van der Waals surface area (Å²) in [7, 11) is 0. The molecule has 0 aromatic rings. The minimum atomic E-state index is -5.60. The van der Waals surface area contributed by atoms with Gasteiger partial charge in [-0.1, -0.05) is 25.7 Å². The first-order chi connectivity index (χ1) is 10.8. The van der Waals surface area contributed by atoms with Crippen LogP contribution in [-0.2, 0) is 18.9 Å². The van der Waals surface area contributed by atoms with Gasteiger partial charge in [0.25, 0.3) is 0 Å². The fraction of sp³-hybridized carbons (Fsp3) is 0.923. The van der Waals surface area contributed by atoms with Gasteiger partial charge in [0.2, 0.25) is 0 Å². The van der Waals surface area contributed by atoms with Crippen molar-refractivity contribution in [2.45, 2.75) is 62.2 Å². The number of esters is 1. The Kier molecular flexibility index (Phi) is 6.15. The molecule has 0 amide bonds. The molecule has 23 heavy (non-hydrogen) atoms. The lowest BCUT2D eigenvalue weighted by molar-refractivity contribution is -0.777. The molecule has 134 valence electrons. The summed E-state index contributed by atoms with van der Waals surface area (Å²) < 4.78 is 60.4. The molecule has 0 N–H and O–H groups in total. The molecule has 0 bridgehead atoms. The standard InChI is InChI=1S/C13H18F4O5S/c14-12(13(15,16)17,23-22-21-19)11(18)20-10-6-5-8-3-1-2-4-9(8)7-10/h8-10,19H,1-7H2/p-1. The van der Waals surface area contributed by atoms with E-state index in [2.05, 4.69) is 9.37 Å². The van der Waals surface area contributed by atoms with Gasteiger partial charge in [-0.3, -0.25) is 5.04 Å². The lowest BCUT2D eigenvalue weighted by Crippen LogP contribution is -2.48. The predicted octanol–water partition coefficient (Wildman–Crippen LogP) is 2.99. The summed E-state index contributed by atoms with van der Waals surface area (Å²) in [6.45, 7) is 0. The number of fused-ring (bicyclic) bond motifs is 1. The van der Waals surface area contributed by atoms with Gasteiger partial charge in [0.1, 0.15) is 6.10 Å². The first-order valence-electron chi connectivity index (χ1n) is 7.39. The quantitative estimate of drug-likeness (QED) is 0.247. The van der Waals surface area contributed by atoms with Crippen LogP contribution in [0.15, 0.2) is 0 Å². The van der Waals surface area contributed by atoms with Crippen LogP contribution in [0.5, 0.6) is 0 Å². The highest BCUT2D eigenvalue weighted by atomic mass is 32.2. The molecule has 5 nitrogen and oxygen atoms in total. The highest BCUT2D eigenvalue weighted by Crippen LogP contribution is 2.46. The van der Waals surface area contributed by atoms with Crippen LogP contribution in [0.1, 0.15) is 44.9 Å². The van der Waals surface area contributed by atoms with Crippen LogP contribution in [-0.4, -0.2) is 23.3 Å². The van der Waals surface area contributed by atoms with Crippen molar-refractivity contribution in [3.8, 4) is 0 Å². The van der Waals surface area contributed by atoms with E-state index in [1.807, 2.05) is 0 Å². The normalized spacial score (nSPS) is 31.1. The molecule has 0 spiro atoms. The average molecular weight is 361 g/mol. The van der Waals surface area contributed by atoms with E-state index in [0.717, 1.165) is 32.1 Å². The van der Waals surface area contributed by atoms with Crippen LogP contribution in [0.3, 0.4) is 0 Å². The number of rotatable bonds is 5. The van der Waals surface area contributed by atoms with Crippen molar-refractivity contribution >= 4 is 18.0 Å². The van der Waals surface area contributed by atoms with E-state index in [-0.39, 0.29) is 0 Å².